The van der Waals surface area contributed by atoms with Gasteiger partial charge in [0.2, 0.25) is 0 Å². The largest absolute Gasteiger partial charge is 0.497 e. The number of rotatable bonds is 7. The summed E-state index contributed by atoms with van der Waals surface area (Å²) in [6.07, 6.45) is -0.793. The number of carbonyl (C=O) groups excluding carboxylic acids is 2. The Morgan fingerprint density at radius 2 is 1.52 bits per heavy atom. The van der Waals surface area contributed by atoms with Crippen molar-refractivity contribution < 1.29 is 23.8 Å². The van der Waals surface area contributed by atoms with Crippen LogP contribution in [0.15, 0.2) is 66.7 Å². The standard InChI is InChI=1S/C22H22N2O5/c1-15(29-20-8-7-16-5-3-4-6-17(16)13-20)22(26)24-23-21(25)14-28-19-11-9-18(27-2)10-12-19/h3-13,15H,14H2,1-2H3,(H,23,25)(H,24,26)/t15-/m0/s1. The van der Waals surface area contributed by atoms with Crippen molar-refractivity contribution in [3.63, 3.8) is 0 Å². The average Bonchev–Trinajstić information content (AvgIpc) is 2.76. The van der Waals surface area contributed by atoms with Crippen LogP contribution >= 0.6 is 0 Å². The number of fused-ring (bicyclic) bond motifs is 1. The quantitative estimate of drug-likeness (QED) is 0.602. The van der Waals surface area contributed by atoms with Crippen LogP contribution in [0.2, 0.25) is 0 Å². The Hall–Kier alpha value is -3.74. The number of nitrogens with one attached hydrogen (secondary N) is 2. The lowest BCUT2D eigenvalue weighted by molar-refractivity contribution is -0.133. The van der Waals surface area contributed by atoms with Gasteiger partial charge in [-0.15, -0.1) is 0 Å². The summed E-state index contributed by atoms with van der Waals surface area (Å²) >= 11 is 0. The first kappa shape index (κ1) is 20.0. The summed E-state index contributed by atoms with van der Waals surface area (Å²) in [4.78, 5) is 24.0. The van der Waals surface area contributed by atoms with E-state index < -0.39 is 17.9 Å². The SMILES string of the molecule is COc1ccc(OCC(=O)NNC(=O)[C@H](C)Oc2ccc3ccccc3c2)cc1. The van der Waals surface area contributed by atoms with E-state index in [0.29, 0.717) is 17.2 Å². The molecule has 2 N–H and O–H groups in total. The van der Waals surface area contributed by atoms with Crippen LogP contribution in [0.3, 0.4) is 0 Å². The molecule has 3 rings (SSSR count). The third kappa shape index (κ3) is 5.62. The van der Waals surface area contributed by atoms with Gasteiger partial charge in [-0.3, -0.25) is 20.4 Å². The third-order valence-corrected chi connectivity index (χ3v) is 4.16. The van der Waals surface area contributed by atoms with Crippen LogP contribution in [0.25, 0.3) is 10.8 Å². The van der Waals surface area contributed by atoms with Crippen molar-refractivity contribution in [3.05, 3.63) is 66.7 Å². The second kappa shape index (κ2) is 9.45. The van der Waals surface area contributed by atoms with Gasteiger partial charge >= 0.3 is 0 Å². The summed E-state index contributed by atoms with van der Waals surface area (Å²) in [6, 6.07) is 20.3. The van der Waals surface area contributed by atoms with Gasteiger partial charge in [0.1, 0.15) is 17.2 Å². The fourth-order valence-corrected chi connectivity index (χ4v) is 2.59. The molecule has 7 heteroatoms. The van der Waals surface area contributed by atoms with Crippen LogP contribution in [-0.4, -0.2) is 31.6 Å². The van der Waals surface area contributed by atoms with Crippen molar-refractivity contribution in [1.82, 2.24) is 10.9 Å². The predicted molar refractivity (Wildman–Crippen MR) is 109 cm³/mol. The molecule has 0 aliphatic carbocycles. The Balaban J connectivity index is 1.44. The summed E-state index contributed by atoms with van der Waals surface area (Å²) in [6.45, 7) is 1.36. The van der Waals surface area contributed by atoms with E-state index in [0.717, 1.165) is 10.8 Å². The van der Waals surface area contributed by atoms with E-state index in [4.69, 9.17) is 14.2 Å². The summed E-state index contributed by atoms with van der Waals surface area (Å²) in [5.74, 6) is 0.804. The molecule has 0 fully saturated rings. The zero-order valence-electron chi connectivity index (χ0n) is 16.2. The Bertz CT molecular complexity index is 988. The van der Waals surface area contributed by atoms with Crippen molar-refractivity contribution in [1.29, 1.82) is 0 Å². The maximum atomic E-state index is 12.2. The number of carbonyl (C=O) groups is 2. The fourth-order valence-electron chi connectivity index (χ4n) is 2.59. The number of hydrazine groups is 1. The summed E-state index contributed by atoms with van der Waals surface area (Å²) in [5.41, 5.74) is 4.63. The second-order valence-electron chi connectivity index (χ2n) is 6.27. The lowest BCUT2D eigenvalue weighted by Crippen LogP contribution is -2.48. The molecular weight excluding hydrogens is 372 g/mol. The number of benzene rings is 3. The molecule has 3 aromatic rings. The smallest absolute Gasteiger partial charge is 0.279 e. The molecule has 0 radical (unpaired) electrons. The Morgan fingerprint density at radius 1 is 0.862 bits per heavy atom. The summed E-state index contributed by atoms with van der Waals surface area (Å²) in [5, 5.41) is 2.10. The van der Waals surface area contributed by atoms with Gasteiger partial charge in [-0.1, -0.05) is 30.3 Å². The Kier molecular flexibility index (Phi) is 6.52. The van der Waals surface area contributed by atoms with Gasteiger partial charge in [0.05, 0.1) is 7.11 Å². The molecule has 0 spiro atoms. The zero-order chi connectivity index (χ0) is 20.6. The maximum absolute atomic E-state index is 12.2. The number of hydrogen-bond donors (Lipinski definition) is 2. The highest BCUT2D eigenvalue weighted by Crippen LogP contribution is 2.21. The predicted octanol–water partition coefficient (Wildman–Crippen LogP) is 2.84. The van der Waals surface area contributed by atoms with Crippen molar-refractivity contribution in [2.75, 3.05) is 13.7 Å². The van der Waals surface area contributed by atoms with Crippen LogP contribution in [0, 0.1) is 0 Å². The van der Waals surface area contributed by atoms with E-state index >= 15 is 0 Å². The third-order valence-electron chi connectivity index (χ3n) is 4.16. The van der Waals surface area contributed by atoms with Crippen LogP contribution in [0.4, 0.5) is 0 Å². The van der Waals surface area contributed by atoms with Gasteiger partial charge in [-0.05, 0) is 54.1 Å². The molecule has 0 aliphatic heterocycles. The summed E-state index contributed by atoms with van der Waals surface area (Å²) in [7, 11) is 1.57. The number of hydrogen-bond acceptors (Lipinski definition) is 5. The van der Waals surface area contributed by atoms with Gasteiger partial charge in [0.25, 0.3) is 11.8 Å². The maximum Gasteiger partial charge on any atom is 0.279 e. The molecular formula is C22H22N2O5. The van der Waals surface area contributed by atoms with Gasteiger partial charge in [-0.25, -0.2) is 0 Å². The molecule has 0 aliphatic rings. The molecule has 1 atom stereocenters. The monoisotopic (exact) mass is 394 g/mol. The number of methoxy groups -OCH3 is 1. The van der Waals surface area contributed by atoms with Crippen molar-refractivity contribution >= 4 is 22.6 Å². The highest BCUT2D eigenvalue weighted by atomic mass is 16.5. The Morgan fingerprint density at radius 3 is 2.24 bits per heavy atom. The molecule has 7 nitrogen and oxygen atoms in total. The second-order valence-corrected chi connectivity index (χ2v) is 6.27. The van der Waals surface area contributed by atoms with Crippen molar-refractivity contribution in [2.24, 2.45) is 0 Å². The molecule has 0 saturated heterocycles. The first-order valence-corrected chi connectivity index (χ1v) is 9.06. The van der Waals surface area contributed by atoms with Crippen molar-refractivity contribution in [2.45, 2.75) is 13.0 Å². The van der Waals surface area contributed by atoms with Crippen molar-refractivity contribution in [3.8, 4) is 17.2 Å². The lowest BCUT2D eigenvalue weighted by Gasteiger charge is -2.15. The highest BCUT2D eigenvalue weighted by Gasteiger charge is 2.15. The number of amides is 2. The van der Waals surface area contributed by atoms with E-state index in [1.54, 1.807) is 44.4 Å². The lowest BCUT2D eigenvalue weighted by atomic mass is 10.1. The van der Waals surface area contributed by atoms with E-state index in [9.17, 15) is 9.59 Å². The normalized spacial score (nSPS) is 11.4. The Labute approximate surface area is 168 Å². The molecule has 0 aromatic heterocycles. The fraction of sp³-hybridized carbons (Fsp3) is 0.182. The van der Waals surface area contributed by atoms with Gasteiger partial charge in [0.15, 0.2) is 12.7 Å². The van der Waals surface area contributed by atoms with Gasteiger partial charge in [0, 0.05) is 0 Å². The molecule has 0 heterocycles. The minimum absolute atomic E-state index is 0.244. The molecule has 150 valence electrons. The van der Waals surface area contributed by atoms with E-state index in [1.165, 1.54) is 0 Å². The molecule has 0 unspecified atom stereocenters. The van der Waals surface area contributed by atoms with Crippen LogP contribution < -0.4 is 25.1 Å². The van der Waals surface area contributed by atoms with Gasteiger partial charge in [-0.2, -0.15) is 0 Å². The summed E-state index contributed by atoms with van der Waals surface area (Å²) < 4.78 is 16.1. The minimum atomic E-state index is -0.793. The van der Waals surface area contributed by atoms with Crippen LogP contribution in [0.1, 0.15) is 6.92 Å². The van der Waals surface area contributed by atoms with E-state index in [1.807, 2.05) is 36.4 Å². The van der Waals surface area contributed by atoms with E-state index in [-0.39, 0.29) is 6.61 Å². The zero-order valence-corrected chi connectivity index (χ0v) is 16.2. The molecule has 2 amide bonds. The van der Waals surface area contributed by atoms with Gasteiger partial charge < -0.3 is 14.2 Å². The molecule has 0 bridgehead atoms. The number of ether oxygens (including phenoxy) is 3. The van der Waals surface area contributed by atoms with Crippen LogP contribution in [0.5, 0.6) is 17.2 Å². The topological polar surface area (TPSA) is 85.9 Å². The minimum Gasteiger partial charge on any atom is -0.497 e. The first-order valence-electron chi connectivity index (χ1n) is 9.06. The van der Waals surface area contributed by atoms with E-state index in [2.05, 4.69) is 10.9 Å². The molecule has 0 saturated carbocycles. The van der Waals surface area contributed by atoms with Crippen LogP contribution in [-0.2, 0) is 9.59 Å². The highest BCUT2D eigenvalue weighted by molar-refractivity contribution is 5.86. The first-order chi connectivity index (χ1) is 14.0. The average molecular weight is 394 g/mol. The molecule has 3 aromatic carbocycles. The molecule has 29 heavy (non-hydrogen) atoms.